The molecule has 0 heterocycles. The van der Waals surface area contributed by atoms with Crippen molar-refractivity contribution in [2.45, 2.75) is 26.2 Å². The van der Waals surface area contributed by atoms with E-state index in [1.54, 1.807) is 13.8 Å². The Hall–Kier alpha value is -1.50. The van der Waals surface area contributed by atoms with Crippen LogP contribution in [0.3, 0.4) is 0 Å². The van der Waals surface area contributed by atoms with Gasteiger partial charge in [-0.25, -0.2) is 17.2 Å². The van der Waals surface area contributed by atoms with Crippen LogP contribution in [0.2, 0.25) is 0 Å². The Morgan fingerprint density at radius 3 is 2.52 bits per heavy atom. The first-order chi connectivity index (χ1) is 9.75. The third kappa shape index (κ3) is 5.79. The smallest absolute Gasteiger partial charge is 0.235 e. The first-order valence-electron chi connectivity index (χ1n) is 6.67. The van der Waals surface area contributed by atoms with Crippen LogP contribution in [-0.2, 0) is 14.6 Å². The molecule has 0 radical (unpaired) electrons. The summed E-state index contributed by atoms with van der Waals surface area (Å²) in [6, 6.07) is 3.53. The van der Waals surface area contributed by atoms with Crippen LogP contribution < -0.4 is 5.32 Å². The number of hydrogen-bond acceptors (Lipinski definition) is 3. The highest BCUT2D eigenvalue weighted by Gasteiger charge is 2.16. The zero-order chi connectivity index (χ0) is 16.0. The fourth-order valence-corrected chi connectivity index (χ4v) is 3.11. The van der Waals surface area contributed by atoms with Gasteiger partial charge in [-0.05, 0) is 30.0 Å². The molecule has 0 saturated heterocycles. The predicted molar refractivity (Wildman–Crippen MR) is 76.7 cm³/mol. The minimum atomic E-state index is -3.38. The van der Waals surface area contributed by atoms with Crippen molar-refractivity contribution in [2.24, 2.45) is 0 Å². The minimum Gasteiger partial charge on any atom is -0.355 e. The van der Waals surface area contributed by atoms with Crippen LogP contribution in [0.15, 0.2) is 18.2 Å². The number of rotatable bonds is 7. The van der Waals surface area contributed by atoms with E-state index in [0.29, 0.717) is 12.0 Å². The van der Waals surface area contributed by atoms with Crippen molar-refractivity contribution in [1.82, 2.24) is 5.32 Å². The van der Waals surface area contributed by atoms with E-state index >= 15 is 0 Å². The highest BCUT2D eigenvalue weighted by Crippen LogP contribution is 2.17. The molecule has 118 valence electrons. The van der Waals surface area contributed by atoms with Gasteiger partial charge in [-0.3, -0.25) is 4.79 Å². The van der Waals surface area contributed by atoms with Gasteiger partial charge in [-0.15, -0.1) is 0 Å². The highest BCUT2D eigenvalue weighted by atomic mass is 32.2. The zero-order valence-corrected chi connectivity index (χ0v) is 12.8. The van der Waals surface area contributed by atoms with Gasteiger partial charge >= 0.3 is 0 Å². The van der Waals surface area contributed by atoms with E-state index in [4.69, 9.17) is 0 Å². The summed E-state index contributed by atoms with van der Waals surface area (Å²) in [5.74, 6) is -3.29. The fraction of sp³-hybridized carbons (Fsp3) is 0.500. The number of nitrogens with one attached hydrogen (secondary N) is 1. The molecule has 7 heteroatoms. The maximum absolute atomic E-state index is 13.1. The minimum absolute atomic E-state index is 0.0286. The Kier molecular flexibility index (Phi) is 6.26. The van der Waals surface area contributed by atoms with Gasteiger partial charge in [-0.1, -0.05) is 19.9 Å². The molecule has 1 atom stereocenters. The van der Waals surface area contributed by atoms with Gasteiger partial charge in [0.15, 0.2) is 21.5 Å². The Morgan fingerprint density at radius 1 is 1.29 bits per heavy atom. The molecule has 0 aliphatic rings. The summed E-state index contributed by atoms with van der Waals surface area (Å²) in [5, 5.41) is 2.50. The molecule has 4 nitrogen and oxygen atoms in total. The topological polar surface area (TPSA) is 63.2 Å². The van der Waals surface area contributed by atoms with Crippen molar-refractivity contribution in [3.63, 3.8) is 0 Å². The van der Waals surface area contributed by atoms with Gasteiger partial charge in [0.1, 0.15) is 5.75 Å². The maximum Gasteiger partial charge on any atom is 0.235 e. The van der Waals surface area contributed by atoms with Crippen molar-refractivity contribution >= 4 is 15.7 Å². The molecule has 0 unspecified atom stereocenters. The molecule has 1 aromatic carbocycles. The molecule has 0 aliphatic heterocycles. The Morgan fingerprint density at radius 2 is 1.95 bits per heavy atom. The first-order valence-corrected chi connectivity index (χ1v) is 8.49. The number of carbonyl (C=O) groups excluding carboxylic acids is 1. The van der Waals surface area contributed by atoms with E-state index in [1.807, 2.05) is 0 Å². The summed E-state index contributed by atoms with van der Waals surface area (Å²) in [7, 11) is -3.38. The van der Waals surface area contributed by atoms with Gasteiger partial charge in [0.05, 0.1) is 5.75 Å². The molecule has 1 rings (SSSR count). The second kappa shape index (κ2) is 7.49. The van der Waals surface area contributed by atoms with E-state index < -0.39 is 33.1 Å². The highest BCUT2D eigenvalue weighted by molar-refractivity contribution is 7.92. The molecule has 1 N–H and O–H groups in total. The van der Waals surface area contributed by atoms with E-state index in [0.717, 1.165) is 12.1 Å². The number of sulfone groups is 1. The lowest BCUT2D eigenvalue weighted by atomic mass is 10.0. The number of halogens is 2. The predicted octanol–water partition coefficient (Wildman–Crippen LogP) is 2.01. The third-order valence-electron chi connectivity index (χ3n) is 2.98. The van der Waals surface area contributed by atoms with Crippen molar-refractivity contribution < 1.29 is 22.0 Å². The molecule has 0 aromatic heterocycles. The molecule has 0 spiro atoms. The molecule has 0 saturated carbocycles. The van der Waals surface area contributed by atoms with Crippen molar-refractivity contribution in [3.8, 4) is 0 Å². The third-order valence-corrected chi connectivity index (χ3v) is 4.72. The van der Waals surface area contributed by atoms with E-state index in [-0.39, 0.29) is 18.2 Å². The van der Waals surface area contributed by atoms with E-state index in [2.05, 4.69) is 5.32 Å². The number of carbonyl (C=O) groups is 1. The number of hydrogen-bond donors (Lipinski definition) is 1. The van der Waals surface area contributed by atoms with Gasteiger partial charge in [0, 0.05) is 6.54 Å². The summed E-state index contributed by atoms with van der Waals surface area (Å²) in [4.78, 5) is 11.6. The lowest BCUT2D eigenvalue weighted by Gasteiger charge is -2.13. The average Bonchev–Trinajstić information content (AvgIpc) is 2.38. The second-order valence-electron chi connectivity index (χ2n) is 4.97. The molecular formula is C14H19F2NO3S. The Labute approximate surface area is 123 Å². The number of amides is 1. The Bertz CT molecular complexity index is 602. The molecule has 0 fully saturated rings. The quantitative estimate of drug-likeness (QED) is 0.836. The second-order valence-corrected chi connectivity index (χ2v) is 7.15. The van der Waals surface area contributed by atoms with Crippen molar-refractivity contribution in [2.75, 3.05) is 18.1 Å². The van der Waals surface area contributed by atoms with Crippen molar-refractivity contribution in [3.05, 3.63) is 35.4 Å². The summed E-state index contributed by atoms with van der Waals surface area (Å²) in [5.41, 5.74) is 0.533. The van der Waals surface area contributed by atoms with Crippen molar-refractivity contribution in [1.29, 1.82) is 0 Å². The number of benzene rings is 1. The van der Waals surface area contributed by atoms with Gasteiger partial charge in [0.25, 0.3) is 0 Å². The summed E-state index contributed by atoms with van der Waals surface area (Å²) < 4.78 is 48.9. The lowest BCUT2D eigenvalue weighted by molar-refractivity contribution is -0.118. The fourth-order valence-electron chi connectivity index (χ4n) is 1.84. The normalized spacial score (nSPS) is 13.0. The van der Waals surface area contributed by atoms with Crippen LogP contribution in [0, 0.1) is 11.6 Å². The van der Waals surface area contributed by atoms with Crippen LogP contribution in [-0.4, -0.2) is 32.4 Å². The summed E-state index contributed by atoms with van der Waals surface area (Å²) in [6.07, 6.45) is 0.459. The molecule has 0 aliphatic carbocycles. The summed E-state index contributed by atoms with van der Waals surface area (Å²) >= 11 is 0. The SMILES string of the molecule is CCCS(=O)(=O)CC(=O)NC[C@@H](C)c1ccc(F)c(F)c1. The van der Waals surface area contributed by atoms with Gasteiger partial charge in [-0.2, -0.15) is 0 Å². The van der Waals surface area contributed by atoms with Crippen LogP contribution in [0.4, 0.5) is 8.78 Å². The standard InChI is InChI=1S/C14H19F2NO3S/c1-3-6-21(19,20)9-14(18)17-8-10(2)11-4-5-12(15)13(16)7-11/h4-5,7,10H,3,6,8-9H2,1-2H3,(H,17,18)/t10-/m1/s1. The van der Waals surface area contributed by atoms with Crippen LogP contribution >= 0.6 is 0 Å². The van der Waals surface area contributed by atoms with E-state index in [9.17, 15) is 22.0 Å². The van der Waals surface area contributed by atoms with Crippen LogP contribution in [0.25, 0.3) is 0 Å². The zero-order valence-electron chi connectivity index (χ0n) is 12.0. The first kappa shape index (κ1) is 17.6. The van der Waals surface area contributed by atoms with Gasteiger partial charge in [0.2, 0.25) is 5.91 Å². The molecule has 1 aromatic rings. The molecule has 0 bridgehead atoms. The van der Waals surface area contributed by atoms with Crippen LogP contribution in [0.1, 0.15) is 31.7 Å². The average molecular weight is 319 g/mol. The Balaban J connectivity index is 2.54. The van der Waals surface area contributed by atoms with Gasteiger partial charge < -0.3 is 5.32 Å². The molecule has 1 amide bonds. The van der Waals surface area contributed by atoms with E-state index in [1.165, 1.54) is 6.07 Å². The molecule has 21 heavy (non-hydrogen) atoms. The monoisotopic (exact) mass is 319 g/mol. The van der Waals surface area contributed by atoms with Crippen LogP contribution in [0.5, 0.6) is 0 Å². The molecular weight excluding hydrogens is 300 g/mol. The largest absolute Gasteiger partial charge is 0.355 e. The maximum atomic E-state index is 13.1. The lowest BCUT2D eigenvalue weighted by Crippen LogP contribution is -2.33. The summed E-state index contributed by atoms with van der Waals surface area (Å²) in [6.45, 7) is 3.61.